The zero-order valence-corrected chi connectivity index (χ0v) is 12.6. The van der Waals surface area contributed by atoms with Gasteiger partial charge in [-0.2, -0.15) is 0 Å². The monoisotopic (exact) mass is 291 g/mol. The smallest absolute Gasteiger partial charge is 0.0472 e. The fourth-order valence-electron chi connectivity index (χ4n) is 2.44. The highest BCUT2D eigenvalue weighted by Crippen LogP contribution is 2.33. The van der Waals surface area contributed by atoms with E-state index in [1.54, 1.807) is 0 Å². The van der Waals surface area contributed by atoms with Gasteiger partial charge in [-0.15, -0.1) is 0 Å². The SMILES string of the molecule is CCC(C)CN(C)CC1(CBr)CCOCC1. The van der Waals surface area contributed by atoms with Crippen LogP contribution in [0.2, 0.25) is 0 Å². The van der Waals surface area contributed by atoms with Crippen LogP contribution in [0.3, 0.4) is 0 Å². The van der Waals surface area contributed by atoms with Crippen molar-refractivity contribution >= 4 is 15.9 Å². The van der Waals surface area contributed by atoms with Gasteiger partial charge in [0, 0.05) is 31.6 Å². The molecule has 0 aromatic heterocycles. The highest BCUT2D eigenvalue weighted by molar-refractivity contribution is 9.09. The highest BCUT2D eigenvalue weighted by atomic mass is 79.9. The van der Waals surface area contributed by atoms with Crippen molar-refractivity contribution in [3.63, 3.8) is 0 Å². The zero-order chi connectivity index (χ0) is 12.0. The first-order valence-electron chi connectivity index (χ1n) is 6.44. The normalized spacial score (nSPS) is 22.3. The Balaban J connectivity index is 2.42. The van der Waals surface area contributed by atoms with Crippen LogP contribution in [0.5, 0.6) is 0 Å². The van der Waals surface area contributed by atoms with Crippen molar-refractivity contribution in [1.29, 1.82) is 0 Å². The van der Waals surface area contributed by atoms with E-state index in [4.69, 9.17) is 4.74 Å². The van der Waals surface area contributed by atoms with Crippen molar-refractivity contribution < 1.29 is 4.74 Å². The average molecular weight is 292 g/mol. The van der Waals surface area contributed by atoms with Gasteiger partial charge in [0.05, 0.1) is 0 Å². The molecule has 2 nitrogen and oxygen atoms in total. The summed E-state index contributed by atoms with van der Waals surface area (Å²) in [5, 5.41) is 1.11. The molecule has 1 fully saturated rings. The molecule has 1 aliphatic rings. The maximum Gasteiger partial charge on any atom is 0.0472 e. The van der Waals surface area contributed by atoms with Crippen LogP contribution in [-0.2, 0) is 4.74 Å². The average Bonchev–Trinajstić information content (AvgIpc) is 2.29. The maximum absolute atomic E-state index is 5.47. The summed E-state index contributed by atoms with van der Waals surface area (Å²) in [5.41, 5.74) is 0.445. The lowest BCUT2D eigenvalue weighted by Gasteiger charge is -2.39. The molecule has 0 saturated carbocycles. The van der Waals surface area contributed by atoms with Crippen molar-refractivity contribution in [2.45, 2.75) is 33.1 Å². The number of nitrogens with zero attached hydrogens (tertiary/aromatic N) is 1. The minimum Gasteiger partial charge on any atom is -0.381 e. The Bertz CT molecular complexity index is 192. The van der Waals surface area contributed by atoms with E-state index in [0.717, 1.165) is 24.5 Å². The number of hydrogen-bond acceptors (Lipinski definition) is 2. The summed E-state index contributed by atoms with van der Waals surface area (Å²) in [6.45, 7) is 8.89. The van der Waals surface area contributed by atoms with Crippen molar-refractivity contribution in [3.8, 4) is 0 Å². The summed E-state index contributed by atoms with van der Waals surface area (Å²) >= 11 is 3.70. The second-order valence-corrected chi connectivity index (χ2v) is 6.02. The molecule has 0 radical (unpaired) electrons. The second-order valence-electron chi connectivity index (χ2n) is 5.46. The molecule has 1 atom stereocenters. The Morgan fingerprint density at radius 1 is 1.38 bits per heavy atom. The summed E-state index contributed by atoms with van der Waals surface area (Å²) in [6.07, 6.45) is 3.67. The number of hydrogen-bond donors (Lipinski definition) is 0. The van der Waals surface area contributed by atoms with Gasteiger partial charge in [0.25, 0.3) is 0 Å². The molecule has 0 spiro atoms. The van der Waals surface area contributed by atoms with Crippen molar-refractivity contribution in [3.05, 3.63) is 0 Å². The molecule has 0 aromatic carbocycles. The third-order valence-electron chi connectivity index (χ3n) is 3.76. The van der Waals surface area contributed by atoms with E-state index in [2.05, 4.69) is 41.7 Å². The molecule has 1 heterocycles. The Hall–Kier alpha value is 0.400. The largest absolute Gasteiger partial charge is 0.381 e. The van der Waals surface area contributed by atoms with E-state index in [9.17, 15) is 0 Å². The molecule has 1 saturated heterocycles. The Morgan fingerprint density at radius 2 is 2.00 bits per heavy atom. The first-order valence-corrected chi connectivity index (χ1v) is 7.56. The van der Waals surface area contributed by atoms with Crippen molar-refractivity contribution in [2.24, 2.45) is 11.3 Å². The molecule has 1 aliphatic heterocycles. The molecule has 0 aromatic rings. The topological polar surface area (TPSA) is 12.5 Å². The molecule has 16 heavy (non-hydrogen) atoms. The van der Waals surface area contributed by atoms with Crippen LogP contribution in [0.4, 0.5) is 0 Å². The molecule has 0 bridgehead atoms. The second kappa shape index (κ2) is 6.97. The van der Waals surface area contributed by atoms with Gasteiger partial charge < -0.3 is 9.64 Å². The van der Waals surface area contributed by atoms with E-state index in [1.807, 2.05) is 0 Å². The van der Waals surface area contributed by atoms with E-state index in [1.165, 1.54) is 32.4 Å². The lowest BCUT2D eigenvalue weighted by Crippen LogP contribution is -2.42. The van der Waals surface area contributed by atoms with Gasteiger partial charge in [0.15, 0.2) is 0 Å². The van der Waals surface area contributed by atoms with Crippen LogP contribution >= 0.6 is 15.9 Å². The van der Waals surface area contributed by atoms with Gasteiger partial charge in [-0.3, -0.25) is 0 Å². The minimum atomic E-state index is 0.445. The van der Waals surface area contributed by atoms with Crippen molar-refractivity contribution in [2.75, 3.05) is 38.7 Å². The fraction of sp³-hybridized carbons (Fsp3) is 1.00. The number of rotatable bonds is 6. The third kappa shape index (κ3) is 4.34. The first-order chi connectivity index (χ1) is 7.62. The molecular weight excluding hydrogens is 266 g/mol. The molecule has 96 valence electrons. The van der Waals surface area contributed by atoms with Gasteiger partial charge in [-0.05, 0) is 31.2 Å². The lowest BCUT2D eigenvalue weighted by atomic mass is 9.82. The summed E-state index contributed by atoms with van der Waals surface area (Å²) in [5.74, 6) is 0.803. The van der Waals surface area contributed by atoms with Crippen molar-refractivity contribution in [1.82, 2.24) is 4.90 Å². The zero-order valence-electron chi connectivity index (χ0n) is 11.0. The van der Waals surface area contributed by atoms with Gasteiger partial charge >= 0.3 is 0 Å². The molecule has 1 rings (SSSR count). The third-order valence-corrected chi connectivity index (χ3v) is 4.95. The summed E-state index contributed by atoms with van der Waals surface area (Å²) in [6, 6.07) is 0. The predicted molar refractivity (Wildman–Crippen MR) is 73.2 cm³/mol. The van der Waals surface area contributed by atoms with E-state index in [-0.39, 0.29) is 0 Å². The number of alkyl halides is 1. The molecule has 0 amide bonds. The Morgan fingerprint density at radius 3 is 2.50 bits per heavy atom. The molecule has 3 heteroatoms. The first kappa shape index (κ1) is 14.5. The highest BCUT2D eigenvalue weighted by Gasteiger charge is 2.32. The summed E-state index contributed by atoms with van der Waals surface area (Å²) in [4.78, 5) is 2.50. The maximum atomic E-state index is 5.47. The van der Waals surface area contributed by atoms with E-state index < -0.39 is 0 Å². The number of halogens is 1. The van der Waals surface area contributed by atoms with Crippen LogP contribution in [-0.4, -0.2) is 43.6 Å². The lowest BCUT2D eigenvalue weighted by molar-refractivity contribution is 0.0104. The molecule has 0 aliphatic carbocycles. The minimum absolute atomic E-state index is 0.445. The van der Waals surface area contributed by atoms with Gasteiger partial charge in [-0.25, -0.2) is 0 Å². The van der Waals surface area contributed by atoms with Crippen LogP contribution in [0.1, 0.15) is 33.1 Å². The van der Waals surface area contributed by atoms with E-state index in [0.29, 0.717) is 5.41 Å². The Labute approximate surface area is 109 Å². The van der Waals surface area contributed by atoms with Gasteiger partial charge in [0.2, 0.25) is 0 Å². The van der Waals surface area contributed by atoms with Gasteiger partial charge in [-0.1, -0.05) is 36.2 Å². The molecular formula is C13H26BrNO. The molecule has 0 N–H and O–H groups in total. The van der Waals surface area contributed by atoms with Crippen LogP contribution in [0, 0.1) is 11.3 Å². The summed E-state index contributed by atoms with van der Waals surface area (Å²) < 4.78 is 5.47. The quantitative estimate of drug-likeness (QED) is 0.697. The molecule has 1 unspecified atom stereocenters. The predicted octanol–water partition coefficient (Wildman–Crippen LogP) is 3.16. The van der Waals surface area contributed by atoms with Gasteiger partial charge in [0.1, 0.15) is 0 Å². The number of ether oxygens (including phenoxy) is 1. The van der Waals surface area contributed by atoms with E-state index >= 15 is 0 Å². The Kier molecular flexibility index (Phi) is 6.30. The van der Waals surface area contributed by atoms with Crippen LogP contribution < -0.4 is 0 Å². The standard InChI is InChI=1S/C13H26BrNO/c1-4-12(2)9-15(3)11-13(10-14)5-7-16-8-6-13/h12H,4-11H2,1-3H3. The fourth-order valence-corrected chi connectivity index (χ4v) is 3.17. The van der Waals surface area contributed by atoms with Crippen LogP contribution in [0.15, 0.2) is 0 Å². The van der Waals surface area contributed by atoms with Crippen LogP contribution in [0.25, 0.3) is 0 Å². The summed E-state index contributed by atoms with van der Waals surface area (Å²) in [7, 11) is 2.26.